The van der Waals surface area contributed by atoms with Crippen molar-refractivity contribution in [1.29, 1.82) is 0 Å². The molecule has 0 radical (unpaired) electrons. The summed E-state index contributed by atoms with van der Waals surface area (Å²) in [6.45, 7) is 1.33. The first-order valence-electron chi connectivity index (χ1n) is 9.02. The molecule has 162 valence electrons. The Hall–Kier alpha value is -1.91. The Morgan fingerprint density at radius 1 is 1.10 bits per heavy atom. The Morgan fingerprint density at radius 2 is 1.77 bits per heavy atom. The zero-order chi connectivity index (χ0) is 22.5. The van der Waals surface area contributed by atoms with E-state index in [0.29, 0.717) is 10.2 Å². The molecule has 2 aromatic carbocycles. The van der Waals surface area contributed by atoms with Crippen LogP contribution >= 0.6 is 31.9 Å². The zero-order valence-corrected chi connectivity index (χ0v) is 20.8. The number of carbonyl (C=O) groups is 2. The number of amides is 2. The first-order chi connectivity index (χ1) is 14.0. The molecule has 10 heteroatoms. The summed E-state index contributed by atoms with van der Waals surface area (Å²) < 4.78 is 27.3. The zero-order valence-electron chi connectivity index (χ0n) is 16.8. The Balaban J connectivity index is 2.40. The summed E-state index contributed by atoms with van der Waals surface area (Å²) in [6.07, 6.45) is 1.04. The molecular weight excluding hydrogens is 538 g/mol. The minimum Gasteiger partial charge on any atom is -0.357 e. The molecule has 1 atom stereocenters. The van der Waals surface area contributed by atoms with E-state index in [9.17, 15) is 18.0 Å². The van der Waals surface area contributed by atoms with Crippen molar-refractivity contribution >= 4 is 59.4 Å². The second kappa shape index (κ2) is 10.4. The third-order valence-electron chi connectivity index (χ3n) is 4.46. The van der Waals surface area contributed by atoms with E-state index in [2.05, 4.69) is 37.2 Å². The molecule has 7 nitrogen and oxygen atoms in total. The van der Waals surface area contributed by atoms with Gasteiger partial charge in [-0.25, -0.2) is 8.42 Å². The molecule has 0 saturated heterocycles. The molecule has 0 unspecified atom stereocenters. The van der Waals surface area contributed by atoms with E-state index >= 15 is 0 Å². The van der Waals surface area contributed by atoms with Gasteiger partial charge in [0.05, 0.1) is 11.9 Å². The van der Waals surface area contributed by atoms with Crippen LogP contribution in [-0.4, -0.2) is 51.0 Å². The van der Waals surface area contributed by atoms with Crippen LogP contribution in [0.2, 0.25) is 0 Å². The SMILES string of the molecule is CNC(=O)[C@@H](C)N(Cc1cccc(Br)c1)C(=O)CN(c1ccccc1Br)S(C)(=O)=O. The number of rotatable bonds is 8. The highest BCUT2D eigenvalue weighted by Crippen LogP contribution is 2.28. The number of likely N-dealkylation sites (N-methyl/N-ethyl adjacent to an activating group) is 1. The maximum Gasteiger partial charge on any atom is 0.244 e. The highest BCUT2D eigenvalue weighted by atomic mass is 79.9. The summed E-state index contributed by atoms with van der Waals surface area (Å²) in [5.74, 6) is -0.836. The quantitative estimate of drug-likeness (QED) is 0.537. The second-order valence-corrected chi connectivity index (χ2v) is 10.3. The fraction of sp³-hybridized carbons (Fsp3) is 0.300. The fourth-order valence-corrected chi connectivity index (χ4v) is 4.80. The van der Waals surface area contributed by atoms with Crippen molar-refractivity contribution in [2.24, 2.45) is 0 Å². The van der Waals surface area contributed by atoms with E-state index < -0.39 is 28.5 Å². The maximum absolute atomic E-state index is 13.2. The molecule has 0 aliphatic heterocycles. The van der Waals surface area contributed by atoms with E-state index in [4.69, 9.17) is 0 Å². The summed E-state index contributed by atoms with van der Waals surface area (Å²) >= 11 is 6.74. The highest BCUT2D eigenvalue weighted by molar-refractivity contribution is 9.10. The predicted molar refractivity (Wildman–Crippen MR) is 125 cm³/mol. The first-order valence-corrected chi connectivity index (χ1v) is 12.5. The monoisotopic (exact) mass is 559 g/mol. The fourth-order valence-electron chi connectivity index (χ4n) is 2.87. The molecule has 0 heterocycles. The van der Waals surface area contributed by atoms with Gasteiger partial charge in [0.1, 0.15) is 12.6 Å². The standard InChI is InChI=1S/C20H23Br2N3O4S/c1-14(20(27)23-2)24(12-15-7-6-8-16(21)11-15)19(26)13-25(30(3,28)29)18-10-5-4-9-17(18)22/h4-11,14H,12-13H2,1-3H3,(H,23,27)/t14-/m1/s1. The first kappa shape index (κ1) is 24.4. The molecule has 2 rings (SSSR count). The van der Waals surface area contributed by atoms with Crippen LogP contribution in [0.1, 0.15) is 12.5 Å². The predicted octanol–water partition coefficient (Wildman–Crippen LogP) is 3.14. The molecule has 0 aromatic heterocycles. The van der Waals surface area contributed by atoms with Gasteiger partial charge in [0.15, 0.2) is 0 Å². The molecule has 0 aliphatic rings. The molecule has 0 saturated carbocycles. The van der Waals surface area contributed by atoms with Crippen LogP contribution in [0.3, 0.4) is 0 Å². The van der Waals surface area contributed by atoms with Crippen molar-refractivity contribution in [1.82, 2.24) is 10.2 Å². The second-order valence-electron chi connectivity index (χ2n) is 6.66. The molecule has 30 heavy (non-hydrogen) atoms. The van der Waals surface area contributed by atoms with Gasteiger partial charge < -0.3 is 10.2 Å². The largest absolute Gasteiger partial charge is 0.357 e. The number of hydrogen-bond acceptors (Lipinski definition) is 4. The number of nitrogens with zero attached hydrogens (tertiary/aromatic N) is 2. The van der Waals surface area contributed by atoms with Crippen LogP contribution in [0.25, 0.3) is 0 Å². The highest BCUT2D eigenvalue weighted by Gasteiger charge is 2.30. The van der Waals surface area contributed by atoms with Crippen LogP contribution in [0.15, 0.2) is 57.5 Å². The van der Waals surface area contributed by atoms with Gasteiger partial charge in [-0.1, -0.05) is 40.2 Å². The number of carbonyl (C=O) groups excluding carboxylic acids is 2. The number of para-hydroxylation sites is 1. The minimum atomic E-state index is -3.75. The number of nitrogens with one attached hydrogen (secondary N) is 1. The summed E-state index contributed by atoms with van der Waals surface area (Å²) in [5, 5.41) is 2.54. The average molecular weight is 561 g/mol. The molecule has 0 bridgehead atoms. The lowest BCUT2D eigenvalue weighted by molar-refractivity contribution is -0.139. The normalized spacial score (nSPS) is 12.2. The lowest BCUT2D eigenvalue weighted by Crippen LogP contribution is -2.50. The van der Waals surface area contributed by atoms with Crippen molar-refractivity contribution in [2.45, 2.75) is 19.5 Å². The Morgan fingerprint density at radius 3 is 2.33 bits per heavy atom. The van der Waals surface area contributed by atoms with Gasteiger partial charge in [-0.15, -0.1) is 0 Å². The molecule has 1 N–H and O–H groups in total. The van der Waals surface area contributed by atoms with Crippen LogP contribution in [0.5, 0.6) is 0 Å². The maximum atomic E-state index is 13.2. The van der Waals surface area contributed by atoms with Gasteiger partial charge in [0.2, 0.25) is 21.8 Å². The van der Waals surface area contributed by atoms with E-state index in [-0.39, 0.29) is 12.5 Å². The van der Waals surface area contributed by atoms with Gasteiger partial charge >= 0.3 is 0 Å². The Kier molecular flexibility index (Phi) is 8.45. The van der Waals surface area contributed by atoms with Crippen LogP contribution in [-0.2, 0) is 26.2 Å². The van der Waals surface area contributed by atoms with E-state index in [1.165, 1.54) is 11.9 Å². The Labute approximate surface area is 193 Å². The lowest BCUT2D eigenvalue weighted by atomic mass is 10.1. The van der Waals surface area contributed by atoms with Crippen LogP contribution < -0.4 is 9.62 Å². The van der Waals surface area contributed by atoms with Crippen molar-refractivity contribution in [2.75, 3.05) is 24.2 Å². The van der Waals surface area contributed by atoms with E-state index in [1.807, 2.05) is 24.3 Å². The van der Waals surface area contributed by atoms with Crippen molar-refractivity contribution in [3.63, 3.8) is 0 Å². The number of sulfonamides is 1. The molecule has 0 fully saturated rings. The van der Waals surface area contributed by atoms with Gasteiger partial charge in [0.25, 0.3) is 0 Å². The summed E-state index contributed by atoms with van der Waals surface area (Å²) in [4.78, 5) is 26.9. The van der Waals surface area contributed by atoms with Crippen molar-refractivity contribution in [3.8, 4) is 0 Å². The molecule has 2 aromatic rings. The number of halogens is 2. The van der Waals surface area contributed by atoms with Gasteiger partial charge in [-0.05, 0) is 52.7 Å². The molecular formula is C20H23Br2N3O4S. The summed E-state index contributed by atoms with van der Waals surface area (Å²) in [5.41, 5.74) is 1.16. The van der Waals surface area contributed by atoms with Gasteiger partial charge in [-0.2, -0.15) is 0 Å². The summed E-state index contributed by atoms with van der Waals surface area (Å²) in [7, 11) is -2.26. The lowest BCUT2D eigenvalue weighted by Gasteiger charge is -2.31. The smallest absolute Gasteiger partial charge is 0.244 e. The van der Waals surface area contributed by atoms with Crippen LogP contribution in [0.4, 0.5) is 5.69 Å². The summed E-state index contributed by atoms with van der Waals surface area (Å²) in [6, 6.07) is 13.3. The van der Waals surface area contributed by atoms with Gasteiger partial charge in [-0.3, -0.25) is 13.9 Å². The third kappa shape index (κ3) is 6.29. The minimum absolute atomic E-state index is 0.153. The Bertz CT molecular complexity index is 1030. The molecule has 0 spiro atoms. The van der Waals surface area contributed by atoms with Crippen molar-refractivity contribution < 1.29 is 18.0 Å². The number of hydrogen-bond donors (Lipinski definition) is 1. The third-order valence-corrected chi connectivity index (χ3v) is 6.75. The molecule has 0 aliphatic carbocycles. The van der Waals surface area contributed by atoms with Crippen molar-refractivity contribution in [3.05, 3.63) is 63.0 Å². The van der Waals surface area contributed by atoms with Crippen LogP contribution in [0, 0.1) is 0 Å². The average Bonchev–Trinajstić information content (AvgIpc) is 2.69. The van der Waals surface area contributed by atoms with Gasteiger partial charge in [0, 0.05) is 22.5 Å². The van der Waals surface area contributed by atoms with E-state index in [1.54, 1.807) is 31.2 Å². The molecule has 2 amide bonds. The topological polar surface area (TPSA) is 86.8 Å². The number of benzene rings is 2. The van der Waals surface area contributed by atoms with E-state index in [0.717, 1.165) is 20.6 Å². The number of anilines is 1.